The smallest absolute Gasteiger partial charge is 0.0708 e. The number of pyridine rings is 4. The molecule has 0 saturated heterocycles. The predicted octanol–water partition coefficient (Wildman–Crippen LogP) is 15.4. The molecule has 6 nitrogen and oxygen atoms in total. The maximum absolute atomic E-state index is 7.00. The average Bonchev–Trinajstić information content (AvgIpc) is 3.44. The molecule has 74 heavy (non-hydrogen) atoms. The second-order valence-corrected chi connectivity index (χ2v) is 17.0. The van der Waals surface area contributed by atoms with Gasteiger partial charge in [0.25, 0.3) is 0 Å². The summed E-state index contributed by atoms with van der Waals surface area (Å²) < 4.78 is 0. The largest absolute Gasteiger partial charge is 0.400 e. The zero-order chi connectivity index (χ0) is 51.8. The zero-order valence-electron chi connectivity index (χ0n) is 43.9. The van der Waals surface area contributed by atoms with Crippen molar-refractivity contribution in [3.63, 3.8) is 0 Å². The molecule has 0 aliphatic heterocycles. The fourth-order valence-electron chi connectivity index (χ4n) is 7.18. The van der Waals surface area contributed by atoms with E-state index in [1.165, 1.54) is 66.8 Å². The number of aliphatic hydroxyl groups excluding tert-OH is 2. The average molecular weight is 1330 g/mol. The molecule has 10 rings (SSSR count). The Kier molecular flexibility index (Phi) is 26.9. The molecular weight excluding hydrogens is 1270 g/mol. The molecule has 0 spiro atoms. The van der Waals surface area contributed by atoms with Crippen LogP contribution in [0.2, 0.25) is 0 Å². The minimum Gasteiger partial charge on any atom is -0.400 e. The van der Waals surface area contributed by atoms with Gasteiger partial charge >= 0.3 is 0 Å². The molecule has 0 aliphatic rings. The van der Waals surface area contributed by atoms with Crippen molar-refractivity contribution in [1.82, 2.24) is 19.9 Å². The fourth-order valence-corrected chi connectivity index (χ4v) is 7.18. The van der Waals surface area contributed by atoms with Crippen molar-refractivity contribution < 1.29 is 50.4 Å². The quantitative estimate of drug-likeness (QED) is 0.161. The van der Waals surface area contributed by atoms with Gasteiger partial charge in [0.05, 0.1) is 5.69 Å². The van der Waals surface area contributed by atoms with Gasteiger partial charge in [-0.1, -0.05) is 96.1 Å². The molecule has 0 saturated carbocycles. The first-order valence-electron chi connectivity index (χ1n) is 23.8. The SMILES string of the molecule is CO.CO.Cc1ccc(-c2ccnc(-c3[c-]cccc3)c2)cc1C.Cc1ccc(-c2ccnc(-c3ccccc3)c2)cc1C.Cc1cnc(-c2[c-]cccc2)cc1C.Cc1cnc(-c2[c-]cccc2)cc1C.[Ir].[Ir]. The summed E-state index contributed by atoms with van der Waals surface area (Å²) >= 11 is 0. The summed E-state index contributed by atoms with van der Waals surface area (Å²) in [5, 5.41) is 14.0. The molecule has 0 aliphatic carbocycles. The van der Waals surface area contributed by atoms with Gasteiger partial charge in [-0.15, -0.1) is 108 Å². The molecule has 6 aromatic carbocycles. The molecule has 4 aromatic heterocycles. The van der Waals surface area contributed by atoms with Crippen LogP contribution in [0, 0.1) is 73.6 Å². The van der Waals surface area contributed by atoms with Crippen LogP contribution in [0.3, 0.4) is 0 Å². The van der Waals surface area contributed by atoms with E-state index in [4.69, 9.17) is 10.2 Å². The van der Waals surface area contributed by atoms with Crippen LogP contribution in [0.4, 0.5) is 0 Å². The Hall–Kier alpha value is -6.86. The van der Waals surface area contributed by atoms with Crippen molar-refractivity contribution in [2.75, 3.05) is 14.2 Å². The number of benzene rings is 6. The number of nitrogens with zero attached hydrogens (tertiary/aromatic N) is 4. The number of aryl methyl sites for hydroxylation is 8. The summed E-state index contributed by atoms with van der Waals surface area (Å²) in [6.07, 6.45) is 7.56. The van der Waals surface area contributed by atoms with Gasteiger partial charge in [0.2, 0.25) is 0 Å². The number of aliphatic hydroxyl groups is 2. The first kappa shape index (κ1) is 61.4. The summed E-state index contributed by atoms with van der Waals surface area (Å²) in [5.74, 6) is 0. The van der Waals surface area contributed by atoms with Crippen molar-refractivity contribution in [2.24, 2.45) is 0 Å². The van der Waals surface area contributed by atoms with Crippen molar-refractivity contribution >= 4 is 0 Å². The van der Waals surface area contributed by atoms with Gasteiger partial charge in [-0.3, -0.25) is 4.98 Å². The van der Waals surface area contributed by atoms with Crippen LogP contribution in [0.5, 0.6) is 0 Å². The van der Waals surface area contributed by atoms with E-state index < -0.39 is 0 Å². The number of rotatable bonds is 6. The third-order valence-corrected chi connectivity index (χ3v) is 12.0. The van der Waals surface area contributed by atoms with E-state index in [1.807, 2.05) is 116 Å². The Morgan fingerprint density at radius 1 is 0.284 bits per heavy atom. The first-order chi connectivity index (χ1) is 35.0. The number of aromatic nitrogens is 4. The zero-order valence-corrected chi connectivity index (χ0v) is 48.7. The number of hydrogen-bond donors (Lipinski definition) is 2. The molecular formula is C66H65Ir2N4O2-3. The van der Waals surface area contributed by atoms with Crippen LogP contribution in [0.1, 0.15) is 44.5 Å². The molecule has 0 bridgehead atoms. The predicted molar refractivity (Wildman–Crippen MR) is 300 cm³/mol. The molecule has 2 radical (unpaired) electrons. The van der Waals surface area contributed by atoms with Crippen LogP contribution in [0.15, 0.2) is 201 Å². The van der Waals surface area contributed by atoms with Gasteiger partial charge in [0.1, 0.15) is 0 Å². The first-order valence-corrected chi connectivity index (χ1v) is 23.8. The Balaban J connectivity index is 0.000000255. The second-order valence-electron chi connectivity index (χ2n) is 17.0. The van der Waals surface area contributed by atoms with E-state index in [0.29, 0.717) is 0 Å². The van der Waals surface area contributed by atoms with Gasteiger partial charge in [-0.05, 0) is 146 Å². The van der Waals surface area contributed by atoms with Crippen molar-refractivity contribution in [3.8, 4) is 67.3 Å². The summed E-state index contributed by atoms with van der Waals surface area (Å²) in [6, 6.07) is 69.3. The van der Waals surface area contributed by atoms with E-state index in [-0.39, 0.29) is 40.2 Å². The van der Waals surface area contributed by atoms with Gasteiger partial charge < -0.3 is 25.2 Å². The summed E-state index contributed by atoms with van der Waals surface area (Å²) in [4.78, 5) is 17.7. The molecule has 0 unspecified atom stereocenters. The van der Waals surface area contributed by atoms with E-state index in [9.17, 15) is 0 Å². The molecule has 0 amide bonds. The Morgan fingerprint density at radius 2 is 0.622 bits per heavy atom. The molecule has 0 atom stereocenters. The normalized spacial score (nSPS) is 9.68. The minimum atomic E-state index is 0. The van der Waals surface area contributed by atoms with Crippen LogP contribution in [-0.2, 0) is 40.2 Å². The summed E-state index contributed by atoms with van der Waals surface area (Å²) in [7, 11) is 2.00. The van der Waals surface area contributed by atoms with E-state index >= 15 is 0 Å². The molecule has 382 valence electrons. The Morgan fingerprint density at radius 3 is 0.986 bits per heavy atom. The fraction of sp³-hybridized carbons (Fsp3) is 0.152. The summed E-state index contributed by atoms with van der Waals surface area (Å²) in [6.45, 7) is 16.9. The van der Waals surface area contributed by atoms with Gasteiger partial charge in [0.15, 0.2) is 0 Å². The van der Waals surface area contributed by atoms with Crippen LogP contribution in [-0.4, -0.2) is 44.4 Å². The van der Waals surface area contributed by atoms with E-state index in [2.05, 4.69) is 178 Å². The van der Waals surface area contributed by atoms with Crippen molar-refractivity contribution in [3.05, 3.63) is 263 Å². The third-order valence-electron chi connectivity index (χ3n) is 12.0. The number of hydrogen-bond acceptors (Lipinski definition) is 6. The standard InChI is InChI=1S/C19H17N.C19H16N.2C13H12N.2CH4O.2Ir/c2*1-14-8-9-17(12-15(14)2)18-10-11-20-19(13-18)16-6-4-3-5-7-16;2*1-10-8-13(14-9-11(10)2)12-6-4-3-5-7-12;2*1-2;;/h3-13H,1-2H3;3-6,8-13H,1-2H3;2*3-6,8-9H,1-2H3;2*2H,1H3;;/q;3*-1;;;;. The van der Waals surface area contributed by atoms with Gasteiger partial charge in [-0.2, -0.15) is 0 Å². The topological polar surface area (TPSA) is 92.0 Å². The van der Waals surface area contributed by atoms with Crippen LogP contribution >= 0.6 is 0 Å². The summed E-state index contributed by atoms with van der Waals surface area (Å²) in [5.41, 5.74) is 23.4. The Labute approximate surface area is 467 Å². The second kappa shape index (κ2) is 32.3. The Bertz CT molecular complexity index is 2990. The maximum atomic E-state index is 7.00. The molecule has 10 aromatic rings. The van der Waals surface area contributed by atoms with E-state index in [0.717, 1.165) is 59.2 Å². The molecule has 0 fully saturated rings. The van der Waals surface area contributed by atoms with Crippen molar-refractivity contribution in [2.45, 2.75) is 55.4 Å². The molecule has 8 heteroatoms. The molecule has 4 heterocycles. The minimum absolute atomic E-state index is 0. The third kappa shape index (κ3) is 18.3. The van der Waals surface area contributed by atoms with Gasteiger partial charge in [-0.25, -0.2) is 0 Å². The monoisotopic (exact) mass is 1330 g/mol. The van der Waals surface area contributed by atoms with Gasteiger partial charge in [0, 0.05) is 84.8 Å². The van der Waals surface area contributed by atoms with E-state index in [1.54, 1.807) is 0 Å². The maximum Gasteiger partial charge on any atom is 0.0708 e. The van der Waals surface area contributed by atoms with Crippen molar-refractivity contribution in [1.29, 1.82) is 0 Å². The molecule has 2 N–H and O–H groups in total. The van der Waals surface area contributed by atoms with Crippen LogP contribution < -0.4 is 0 Å². The van der Waals surface area contributed by atoms with Crippen LogP contribution in [0.25, 0.3) is 67.3 Å².